The van der Waals surface area contributed by atoms with Gasteiger partial charge in [-0.1, -0.05) is 6.92 Å². The summed E-state index contributed by atoms with van der Waals surface area (Å²) >= 11 is 0. The van der Waals surface area contributed by atoms with Gasteiger partial charge in [0, 0.05) is 6.54 Å². The third kappa shape index (κ3) is 1.89. The van der Waals surface area contributed by atoms with Gasteiger partial charge in [-0.15, -0.1) is 0 Å². The standard InChI is InChI=1S/C15H13N3O/c1-2-6-18-14-4-3-11(9-16)8-13(14)17-15(18)12-5-7-19-10-12/h3-5,7-8,10H,2,6H2,1H3. The molecule has 0 spiro atoms. The van der Waals surface area contributed by atoms with Crippen molar-refractivity contribution in [2.75, 3.05) is 0 Å². The van der Waals surface area contributed by atoms with Crippen molar-refractivity contribution < 1.29 is 4.42 Å². The summed E-state index contributed by atoms with van der Waals surface area (Å²) in [5, 5.41) is 8.96. The van der Waals surface area contributed by atoms with Gasteiger partial charge in [0.2, 0.25) is 0 Å². The fourth-order valence-corrected chi connectivity index (χ4v) is 2.26. The lowest BCUT2D eigenvalue weighted by atomic mass is 10.2. The van der Waals surface area contributed by atoms with Crippen LogP contribution in [0.4, 0.5) is 0 Å². The molecule has 0 N–H and O–H groups in total. The first kappa shape index (κ1) is 11.5. The Bertz CT molecular complexity index is 748. The Kier molecular flexibility index (Phi) is 2.81. The second-order valence-corrected chi connectivity index (χ2v) is 4.41. The molecule has 0 bridgehead atoms. The molecule has 0 atom stereocenters. The van der Waals surface area contributed by atoms with Gasteiger partial charge in [-0.05, 0) is 30.7 Å². The van der Waals surface area contributed by atoms with Crippen LogP contribution in [-0.2, 0) is 6.54 Å². The molecule has 94 valence electrons. The van der Waals surface area contributed by atoms with E-state index in [4.69, 9.17) is 9.68 Å². The van der Waals surface area contributed by atoms with Gasteiger partial charge in [0.1, 0.15) is 12.1 Å². The largest absolute Gasteiger partial charge is 0.472 e. The summed E-state index contributed by atoms with van der Waals surface area (Å²) in [5.41, 5.74) is 3.50. The molecule has 0 aliphatic carbocycles. The molecular formula is C15H13N3O. The van der Waals surface area contributed by atoms with Crippen LogP contribution >= 0.6 is 0 Å². The smallest absolute Gasteiger partial charge is 0.144 e. The van der Waals surface area contributed by atoms with E-state index >= 15 is 0 Å². The average molecular weight is 251 g/mol. The van der Waals surface area contributed by atoms with Crippen LogP contribution in [0.3, 0.4) is 0 Å². The molecule has 3 rings (SSSR count). The predicted octanol–water partition coefficient (Wildman–Crippen LogP) is 3.58. The number of aryl methyl sites for hydroxylation is 1. The quantitative estimate of drug-likeness (QED) is 0.715. The van der Waals surface area contributed by atoms with Crippen LogP contribution in [0, 0.1) is 11.3 Å². The minimum Gasteiger partial charge on any atom is -0.472 e. The van der Waals surface area contributed by atoms with Crippen molar-refractivity contribution in [3.05, 3.63) is 42.4 Å². The summed E-state index contributed by atoms with van der Waals surface area (Å²) in [6, 6.07) is 9.66. The van der Waals surface area contributed by atoms with Gasteiger partial charge in [-0.3, -0.25) is 0 Å². The zero-order valence-corrected chi connectivity index (χ0v) is 10.6. The number of nitriles is 1. The van der Waals surface area contributed by atoms with Crippen molar-refractivity contribution >= 4 is 11.0 Å². The monoisotopic (exact) mass is 251 g/mol. The van der Waals surface area contributed by atoms with Crippen LogP contribution in [0.1, 0.15) is 18.9 Å². The molecule has 0 saturated carbocycles. The number of hydrogen-bond acceptors (Lipinski definition) is 3. The van der Waals surface area contributed by atoms with E-state index in [0.717, 1.165) is 35.4 Å². The van der Waals surface area contributed by atoms with Gasteiger partial charge in [-0.2, -0.15) is 5.26 Å². The normalized spacial score (nSPS) is 10.7. The summed E-state index contributed by atoms with van der Waals surface area (Å²) in [6.45, 7) is 3.03. The molecule has 19 heavy (non-hydrogen) atoms. The first-order valence-electron chi connectivity index (χ1n) is 6.26. The van der Waals surface area contributed by atoms with Crippen LogP contribution in [0.5, 0.6) is 0 Å². The SMILES string of the molecule is CCCn1c(-c2ccoc2)nc2cc(C#N)ccc21. The van der Waals surface area contributed by atoms with E-state index < -0.39 is 0 Å². The van der Waals surface area contributed by atoms with Gasteiger partial charge in [0.25, 0.3) is 0 Å². The van der Waals surface area contributed by atoms with Crippen molar-refractivity contribution in [2.24, 2.45) is 0 Å². The zero-order valence-electron chi connectivity index (χ0n) is 10.6. The molecule has 0 aliphatic rings. The van der Waals surface area contributed by atoms with Gasteiger partial charge in [0.15, 0.2) is 0 Å². The van der Waals surface area contributed by atoms with Crippen molar-refractivity contribution in [1.29, 1.82) is 5.26 Å². The van der Waals surface area contributed by atoms with E-state index in [1.807, 2.05) is 24.3 Å². The molecule has 4 nitrogen and oxygen atoms in total. The van der Waals surface area contributed by atoms with Crippen LogP contribution in [0.2, 0.25) is 0 Å². The van der Waals surface area contributed by atoms with E-state index in [1.165, 1.54) is 0 Å². The third-order valence-electron chi connectivity index (χ3n) is 3.10. The van der Waals surface area contributed by atoms with Crippen LogP contribution < -0.4 is 0 Å². The van der Waals surface area contributed by atoms with E-state index in [0.29, 0.717) is 5.56 Å². The lowest BCUT2D eigenvalue weighted by Gasteiger charge is -2.05. The van der Waals surface area contributed by atoms with Gasteiger partial charge >= 0.3 is 0 Å². The first-order valence-corrected chi connectivity index (χ1v) is 6.26. The molecule has 0 unspecified atom stereocenters. The van der Waals surface area contributed by atoms with E-state index in [2.05, 4.69) is 22.5 Å². The Hall–Kier alpha value is -2.54. The minimum absolute atomic E-state index is 0.632. The number of hydrogen-bond donors (Lipinski definition) is 0. The number of furan rings is 1. The zero-order chi connectivity index (χ0) is 13.2. The Morgan fingerprint density at radius 3 is 2.95 bits per heavy atom. The third-order valence-corrected chi connectivity index (χ3v) is 3.10. The molecule has 4 heteroatoms. The Labute approximate surface area is 110 Å². The molecule has 1 aromatic carbocycles. The summed E-state index contributed by atoms with van der Waals surface area (Å²) in [7, 11) is 0. The number of nitrogens with zero attached hydrogens (tertiary/aromatic N) is 3. The molecule has 0 radical (unpaired) electrons. The summed E-state index contributed by atoms with van der Waals surface area (Å²) in [4.78, 5) is 4.63. The number of benzene rings is 1. The summed E-state index contributed by atoms with van der Waals surface area (Å²) in [6.07, 6.45) is 4.36. The summed E-state index contributed by atoms with van der Waals surface area (Å²) in [5.74, 6) is 0.890. The molecule has 0 aliphatic heterocycles. The van der Waals surface area contributed by atoms with Crippen LogP contribution in [0.15, 0.2) is 41.2 Å². The molecular weight excluding hydrogens is 238 g/mol. The van der Waals surface area contributed by atoms with E-state index in [9.17, 15) is 0 Å². The lowest BCUT2D eigenvalue weighted by molar-refractivity contribution is 0.567. The second kappa shape index (κ2) is 4.62. The Morgan fingerprint density at radius 2 is 2.26 bits per heavy atom. The number of rotatable bonds is 3. The highest BCUT2D eigenvalue weighted by Gasteiger charge is 2.13. The topological polar surface area (TPSA) is 54.8 Å². The number of fused-ring (bicyclic) bond motifs is 1. The summed E-state index contributed by atoms with van der Waals surface area (Å²) < 4.78 is 7.31. The first-order chi connectivity index (χ1) is 9.33. The fraction of sp³-hybridized carbons (Fsp3) is 0.200. The van der Waals surface area contributed by atoms with Crippen molar-refractivity contribution in [3.63, 3.8) is 0 Å². The van der Waals surface area contributed by atoms with Gasteiger partial charge in [-0.25, -0.2) is 4.98 Å². The average Bonchev–Trinajstić information content (AvgIpc) is 3.06. The van der Waals surface area contributed by atoms with Gasteiger partial charge < -0.3 is 8.98 Å². The predicted molar refractivity (Wildman–Crippen MR) is 72.4 cm³/mol. The lowest BCUT2D eigenvalue weighted by Crippen LogP contribution is -1.98. The Morgan fingerprint density at radius 1 is 1.37 bits per heavy atom. The highest BCUT2D eigenvalue weighted by Crippen LogP contribution is 2.26. The number of imidazole rings is 1. The molecule has 0 fully saturated rings. The molecule has 2 heterocycles. The molecule has 2 aromatic heterocycles. The molecule has 3 aromatic rings. The molecule has 0 amide bonds. The Balaban J connectivity index is 2.26. The minimum atomic E-state index is 0.632. The number of aromatic nitrogens is 2. The maximum atomic E-state index is 8.96. The highest BCUT2D eigenvalue weighted by molar-refractivity contribution is 5.81. The van der Waals surface area contributed by atoms with E-state index in [1.54, 1.807) is 12.5 Å². The maximum absolute atomic E-state index is 8.96. The van der Waals surface area contributed by atoms with Crippen molar-refractivity contribution in [1.82, 2.24) is 9.55 Å². The maximum Gasteiger partial charge on any atom is 0.144 e. The van der Waals surface area contributed by atoms with E-state index in [-0.39, 0.29) is 0 Å². The van der Waals surface area contributed by atoms with Crippen molar-refractivity contribution in [3.8, 4) is 17.5 Å². The van der Waals surface area contributed by atoms with Crippen molar-refractivity contribution in [2.45, 2.75) is 19.9 Å². The van der Waals surface area contributed by atoms with Crippen LogP contribution in [0.25, 0.3) is 22.4 Å². The second-order valence-electron chi connectivity index (χ2n) is 4.41. The fourth-order valence-electron chi connectivity index (χ4n) is 2.26. The van der Waals surface area contributed by atoms with Crippen LogP contribution in [-0.4, -0.2) is 9.55 Å². The van der Waals surface area contributed by atoms with Gasteiger partial charge in [0.05, 0.1) is 34.5 Å². The molecule has 0 saturated heterocycles. The highest BCUT2D eigenvalue weighted by atomic mass is 16.3.